The van der Waals surface area contributed by atoms with Gasteiger partial charge in [-0.2, -0.15) is 0 Å². The Morgan fingerprint density at radius 1 is 0.757 bits per heavy atom. The predicted molar refractivity (Wildman–Crippen MR) is 140 cm³/mol. The third-order valence-electron chi connectivity index (χ3n) is 5.62. The van der Waals surface area contributed by atoms with Gasteiger partial charge in [0, 0.05) is 0 Å². The van der Waals surface area contributed by atoms with Crippen LogP contribution < -0.4 is 51.4 Å². The van der Waals surface area contributed by atoms with Crippen molar-refractivity contribution in [3.63, 3.8) is 0 Å². The van der Waals surface area contributed by atoms with E-state index >= 15 is 0 Å². The molecule has 202 valence electrons. The van der Waals surface area contributed by atoms with Crippen molar-refractivity contribution < 1.29 is 83.4 Å². The van der Waals surface area contributed by atoms with Crippen molar-refractivity contribution in [2.24, 2.45) is 0 Å². The second-order valence-electron chi connectivity index (χ2n) is 8.68. The summed E-state index contributed by atoms with van der Waals surface area (Å²) in [5, 5.41) is 0. The number of allylic oxidation sites excluding steroid dienone is 2. The van der Waals surface area contributed by atoms with Gasteiger partial charge in [-0.15, -0.1) is 0 Å². The second kappa shape index (κ2) is 22.0. The van der Waals surface area contributed by atoms with Crippen LogP contribution in [0.15, 0.2) is 47.4 Å². The van der Waals surface area contributed by atoms with Crippen LogP contribution in [0.2, 0.25) is 0 Å². The van der Waals surface area contributed by atoms with Crippen molar-refractivity contribution in [3.8, 4) is 0 Å². The van der Waals surface area contributed by atoms with Gasteiger partial charge in [0.05, 0.1) is 16.0 Å². The minimum atomic E-state index is -5.02. The van der Waals surface area contributed by atoms with Crippen LogP contribution in [-0.2, 0) is 19.6 Å². The van der Waals surface area contributed by atoms with Gasteiger partial charge in [0.25, 0.3) is 0 Å². The van der Waals surface area contributed by atoms with Crippen LogP contribution in [0.4, 0.5) is 0 Å². The molecule has 0 aliphatic heterocycles. The van der Waals surface area contributed by atoms with E-state index in [9.17, 15) is 22.6 Å². The van der Waals surface area contributed by atoms with Gasteiger partial charge in [-0.05, 0) is 37.8 Å². The Balaban J connectivity index is 0.0000130. The first-order chi connectivity index (χ1) is 17.3. The minimum absolute atomic E-state index is 0. The summed E-state index contributed by atoms with van der Waals surface area (Å²) < 4.78 is 45.6. The molecule has 0 bridgehead atoms. The molecular formula is C28H41KO7S. The van der Waals surface area contributed by atoms with Gasteiger partial charge in [-0.1, -0.05) is 95.6 Å². The summed E-state index contributed by atoms with van der Waals surface area (Å²) in [6, 6.07) is 3.46. The SMILES string of the molecule is CCCCCCC/C=C/COC(=O)c1cccc(S(=O)(=O)[O-])c1C(=O)OC/C=C/CCCCCCC.[K+]. The zero-order valence-corrected chi connectivity index (χ0v) is 26.6. The van der Waals surface area contributed by atoms with E-state index in [-0.39, 0.29) is 70.2 Å². The third-order valence-corrected chi connectivity index (χ3v) is 6.50. The van der Waals surface area contributed by atoms with E-state index in [1.165, 1.54) is 50.7 Å². The quantitative estimate of drug-likeness (QED) is 0.0833. The number of benzene rings is 1. The number of esters is 2. The van der Waals surface area contributed by atoms with Gasteiger partial charge in [-0.3, -0.25) is 0 Å². The number of hydrogen-bond donors (Lipinski definition) is 0. The number of carbonyl (C=O) groups is 2. The predicted octanol–water partition coefficient (Wildman–Crippen LogP) is 3.74. The molecule has 0 amide bonds. The molecule has 0 aliphatic rings. The molecule has 0 aliphatic carbocycles. The smallest absolute Gasteiger partial charge is 0.744 e. The van der Waals surface area contributed by atoms with Gasteiger partial charge in [0.15, 0.2) is 0 Å². The number of ether oxygens (including phenoxy) is 2. The molecule has 7 nitrogen and oxygen atoms in total. The standard InChI is InChI=1S/C28H42O7S.K/c1-3-5-7-9-11-13-15-17-22-34-27(29)24-20-19-21-25(36(31,32)33)26(24)28(30)35-23-18-16-14-12-10-8-6-4-2;/h15-21H,3-14,22-23H2,1-2H3,(H,31,32,33);/q;+1/p-1/b17-15+,18-16+;. The number of rotatable bonds is 19. The maximum atomic E-state index is 12.7. The zero-order chi connectivity index (χ0) is 26.7. The molecule has 0 fully saturated rings. The van der Waals surface area contributed by atoms with Gasteiger partial charge in [-0.25, -0.2) is 18.0 Å². The summed E-state index contributed by atoms with van der Waals surface area (Å²) in [5.41, 5.74) is -0.907. The van der Waals surface area contributed by atoms with Crippen LogP contribution >= 0.6 is 0 Å². The van der Waals surface area contributed by atoms with Crippen molar-refractivity contribution in [1.29, 1.82) is 0 Å². The molecule has 9 heteroatoms. The first kappa shape index (κ1) is 36.2. The Bertz CT molecular complexity index is 955. The summed E-state index contributed by atoms with van der Waals surface area (Å²) in [6.07, 6.45) is 20.4. The third kappa shape index (κ3) is 16.0. The van der Waals surface area contributed by atoms with Crippen LogP contribution in [0, 0.1) is 0 Å². The van der Waals surface area contributed by atoms with E-state index < -0.39 is 32.5 Å². The van der Waals surface area contributed by atoms with Gasteiger partial charge in [0.1, 0.15) is 23.3 Å². The molecule has 1 aromatic rings. The maximum absolute atomic E-state index is 12.7. The van der Waals surface area contributed by atoms with E-state index in [0.717, 1.165) is 44.6 Å². The monoisotopic (exact) mass is 560 g/mol. The topological polar surface area (TPSA) is 110 Å². The molecule has 1 aromatic carbocycles. The van der Waals surface area contributed by atoms with E-state index in [4.69, 9.17) is 9.47 Å². The average molecular weight is 561 g/mol. The number of unbranched alkanes of at least 4 members (excludes halogenated alkanes) is 10. The van der Waals surface area contributed by atoms with Crippen LogP contribution in [0.25, 0.3) is 0 Å². The molecule has 0 heterocycles. The molecular weight excluding hydrogens is 519 g/mol. The average Bonchev–Trinajstić information content (AvgIpc) is 2.85. The van der Waals surface area contributed by atoms with Crippen molar-refractivity contribution in [2.75, 3.05) is 13.2 Å². The van der Waals surface area contributed by atoms with Crippen LogP contribution in [0.1, 0.15) is 112 Å². The molecule has 1 rings (SSSR count). The summed E-state index contributed by atoms with van der Waals surface area (Å²) in [4.78, 5) is 24.5. The Labute approximate surface area is 265 Å². The molecule has 0 spiro atoms. The van der Waals surface area contributed by atoms with Gasteiger partial charge < -0.3 is 14.0 Å². The Hall–Kier alpha value is -0.814. The Kier molecular flexibility index (Phi) is 21.6. The molecule has 0 saturated carbocycles. The fourth-order valence-electron chi connectivity index (χ4n) is 3.62. The first-order valence-corrected chi connectivity index (χ1v) is 14.5. The zero-order valence-electron chi connectivity index (χ0n) is 22.7. The van der Waals surface area contributed by atoms with E-state index in [0.29, 0.717) is 0 Å². The Morgan fingerprint density at radius 3 is 1.73 bits per heavy atom. The van der Waals surface area contributed by atoms with Crippen LogP contribution in [0.3, 0.4) is 0 Å². The largest absolute Gasteiger partial charge is 1.00 e. The van der Waals surface area contributed by atoms with Crippen molar-refractivity contribution >= 4 is 22.1 Å². The molecule has 37 heavy (non-hydrogen) atoms. The van der Waals surface area contributed by atoms with E-state index in [1.807, 2.05) is 12.2 Å². The summed E-state index contributed by atoms with van der Waals surface area (Å²) >= 11 is 0. The normalized spacial score (nSPS) is 11.5. The Morgan fingerprint density at radius 2 is 1.24 bits per heavy atom. The van der Waals surface area contributed by atoms with E-state index in [1.54, 1.807) is 12.2 Å². The van der Waals surface area contributed by atoms with Crippen molar-refractivity contribution in [1.82, 2.24) is 0 Å². The first-order valence-electron chi connectivity index (χ1n) is 13.1. The molecule has 0 aromatic heterocycles. The maximum Gasteiger partial charge on any atom is 1.00 e. The fourth-order valence-corrected chi connectivity index (χ4v) is 4.31. The summed E-state index contributed by atoms with van der Waals surface area (Å²) in [5.74, 6) is -1.96. The molecule has 0 radical (unpaired) electrons. The minimum Gasteiger partial charge on any atom is -0.744 e. The molecule has 0 saturated heterocycles. The van der Waals surface area contributed by atoms with E-state index in [2.05, 4.69) is 13.8 Å². The van der Waals surface area contributed by atoms with Crippen molar-refractivity contribution in [2.45, 2.75) is 95.8 Å². The van der Waals surface area contributed by atoms with Crippen LogP contribution in [-0.4, -0.2) is 38.1 Å². The molecule has 0 atom stereocenters. The molecule has 0 unspecified atom stereocenters. The summed E-state index contributed by atoms with van der Waals surface area (Å²) in [6.45, 7) is 4.19. The number of hydrogen-bond acceptors (Lipinski definition) is 7. The van der Waals surface area contributed by atoms with Crippen LogP contribution in [0.5, 0.6) is 0 Å². The fraction of sp³-hybridized carbons (Fsp3) is 0.571. The van der Waals surface area contributed by atoms with Gasteiger partial charge in [0.2, 0.25) is 0 Å². The number of carbonyl (C=O) groups excluding carboxylic acids is 2. The summed E-state index contributed by atoms with van der Waals surface area (Å²) in [7, 11) is -5.02. The second-order valence-corrected chi connectivity index (χ2v) is 10.0. The van der Waals surface area contributed by atoms with Crippen molar-refractivity contribution in [3.05, 3.63) is 53.6 Å². The van der Waals surface area contributed by atoms with Gasteiger partial charge >= 0.3 is 63.3 Å². The molecule has 0 N–H and O–H groups in total.